The number of hydrogen-bond donors (Lipinski definition) is 2. The third-order valence-corrected chi connectivity index (χ3v) is 4.97. The largest absolute Gasteiger partial charge is 0.335 e. The van der Waals surface area contributed by atoms with Crippen LogP contribution in [0.15, 0.2) is 41.5 Å². The molecule has 2 aliphatic rings. The Morgan fingerprint density at radius 1 is 1.20 bits per heavy atom. The number of nitrogens with zero attached hydrogens (tertiary/aromatic N) is 2. The minimum absolute atomic E-state index is 0. The Morgan fingerprint density at radius 2 is 2.00 bits per heavy atom. The lowest BCUT2D eigenvalue weighted by Crippen LogP contribution is -2.47. The quantitative estimate of drug-likeness (QED) is 0.852. The summed E-state index contributed by atoms with van der Waals surface area (Å²) in [6.07, 6.45) is 3.78. The zero-order valence-corrected chi connectivity index (χ0v) is 14.6. The van der Waals surface area contributed by atoms with Crippen LogP contribution in [-0.4, -0.2) is 33.4 Å². The zero-order valence-electron chi connectivity index (χ0n) is 13.8. The number of carbonyl (C=O) groups is 1. The van der Waals surface area contributed by atoms with E-state index in [9.17, 15) is 9.59 Å². The predicted octanol–water partition coefficient (Wildman–Crippen LogP) is 1.57. The summed E-state index contributed by atoms with van der Waals surface area (Å²) in [5.41, 5.74) is 2.57. The third-order valence-electron chi connectivity index (χ3n) is 4.97. The maximum absolute atomic E-state index is 12.8. The van der Waals surface area contributed by atoms with Crippen molar-refractivity contribution in [3.8, 4) is 0 Å². The van der Waals surface area contributed by atoms with Gasteiger partial charge in [-0.25, -0.2) is 4.98 Å². The lowest BCUT2D eigenvalue weighted by molar-refractivity contribution is -0.134. The number of halogens is 1. The van der Waals surface area contributed by atoms with Gasteiger partial charge in [0.15, 0.2) is 0 Å². The number of fused-ring (bicyclic) bond motifs is 1. The summed E-state index contributed by atoms with van der Waals surface area (Å²) in [7, 11) is 0. The van der Waals surface area contributed by atoms with Gasteiger partial charge in [-0.3, -0.25) is 14.9 Å². The van der Waals surface area contributed by atoms with Gasteiger partial charge in [0.1, 0.15) is 0 Å². The summed E-state index contributed by atoms with van der Waals surface area (Å²) in [5.74, 6) is 0.112. The van der Waals surface area contributed by atoms with Gasteiger partial charge < -0.3 is 9.88 Å². The van der Waals surface area contributed by atoms with E-state index in [-0.39, 0.29) is 36.0 Å². The predicted molar refractivity (Wildman–Crippen MR) is 96.6 cm³/mol. The van der Waals surface area contributed by atoms with Crippen LogP contribution in [0.5, 0.6) is 0 Å². The minimum Gasteiger partial charge on any atom is -0.335 e. The van der Waals surface area contributed by atoms with Crippen LogP contribution < -0.4 is 10.9 Å². The fourth-order valence-corrected chi connectivity index (χ4v) is 3.66. The second kappa shape index (κ2) is 7.37. The molecule has 2 aliphatic heterocycles. The first-order chi connectivity index (χ1) is 11.7. The van der Waals surface area contributed by atoms with Crippen molar-refractivity contribution in [1.29, 1.82) is 0 Å². The van der Waals surface area contributed by atoms with Crippen LogP contribution in [0.1, 0.15) is 35.7 Å². The average molecular weight is 361 g/mol. The molecule has 25 heavy (non-hydrogen) atoms. The molecule has 0 radical (unpaired) electrons. The second-order valence-corrected chi connectivity index (χ2v) is 6.43. The number of aromatic amines is 1. The average Bonchev–Trinajstić information content (AvgIpc) is 3.12. The third kappa shape index (κ3) is 3.45. The van der Waals surface area contributed by atoms with E-state index in [0.29, 0.717) is 25.1 Å². The molecule has 0 bridgehead atoms. The lowest BCUT2D eigenvalue weighted by Gasteiger charge is -2.29. The molecule has 1 saturated heterocycles. The molecule has 2 N–H and O–H groups in total. The SMILES string of the molecule is Cl.O=C([C@H]1CC[C@H](c2ccccc2)N1)N1CCc2c(nc[nH]c2=O)C1. The van der Waals surface area contributed by atoms with E-state index < -0.39 is 0 Å². The maximum Gasteiger partial charge on any atom is 0.254 e. The second-order valence-electron chi connectivity index (χ2n) is 6.43. The topological polar surface area (TPSA) is 78.1 Å². The van der Waals surface area contributed by atoms with Gasteiger partial charge in [-0.15, -0.1) is 12.4 Å². The van der Waals surface area contributed by atoms with Crippen molar-refractivity contribution < 1.29 is 4.79 Å². The number of aromatic nitrogens is 2. The first-order valence-electron chi connectivity index (χ1n) is 8.37. The highest BCUT2D eigenvalue weighted by Gasteiger charge is 2.34. The normalized spacial score (nSPS) is 22.2. The smallest absolute Gasteiger partial charge is 0.254 e. The highest BCUT2D eigenvalue weighted by Crippen LogP contribution is 2.27. The molecule has 7 heteroatoms. The molecule has 0 spiro atoms. The molecular formula is C18H21ClN4O2. The van der Waals surface area contributed by atoms with Gasteiger partial charge in [-0.1, -0.05) is 30.3 Å². The van der Waals surface area contributed by atoms with Crippen molar-refractivity contribution in [2.24, 2.45) is 0 Å². The van der Waals surface area contributed by atoms with E-state index in [1.54, 1.807) is 0 Å². The van der Waals surface area contributed by atoms with Gasteiger partial charge in [0.05, 0.1) is 24.6 Å². The van der Waals surface area contributed by atoms with Crippen LogP contribution >= 0.6 is 12.4 Å². The molecule has 0 unspecified atom stereocenters. The monoisotopic (exact) mass is 360 g/mol. The van der Waals surface area contributed by atoms with Crippen LogP contribution in [-0.2, 0) is 17.8 Å². The van der Waals surface area contributed by atoms with Crippen LogP contribution in [0.4, 0.5) is 0 Å². The van der Waals surface area contributed by atoms with Crippen LogP contribution in [0.25, 0.3) is 0 Å². The molecule has 2 atom stereocenters. The van der Waals surface area contributed by atoms with Crippen molar-refractivity contribution in [3.05, 3.63) is 63.8 Å². The fraction of sp³-hybridized carbons (Fsp3) is 0.389. The summed E-state index contributed by atoms with van der Waals surface area (Å²) >= 11 is 0. The van der Waals surface area contributed by atoms with Gasteiger partial charge in [0.2, 0.25) is 5.91 Å². The first kappa shape index (κ1) is 17.6. The first-order valence-corrected chi connectivity index (χ1v) is 8.37. The van der Waals surface area contributed by atoms with Crippen LogP contribution in [0, 0.1) is 0 Å². The molecule has 0 aliphatic carbocycles. The van der Waals surface area contributed by atoms with Crippen LogP contribution in [0.2, 0.25) is 0 Å². The highest BCUT2D eigenvalue weighted by molar-refractivity contribution is 5.85. The van der Waals surface area contributed by atoms with E-state index in [0.717, 1.165) is 18.5 Å². The Morgan fingerprint density at radius 3 is 2.80 bits per heavy atom. The molecule has 6 nitrogen and oxygen atoms in total. The zero-order chi connectivity index (χ0) is 16.5. The van der Waals surface area contributed by atoms with E-state index in [1.165, 1.54) is 11.9 Å². The van der Waals surface area contributed by atoms with Crippen molar-refractivity contribution >= 4 is 18.3 Å². The number of nitrogens with one attached hydrogen (secondary N) is 2. The van der Waals surface area contributed by atoms with Gasteiger partial charge in [0.25, 0.3) is 5.56 Å². The van der Waals surface area contributed by atoms with E-state index in [1.807, 2.05) is 23.1 Å². The van der Waals surface area contributed by atoms with E-state index in [4.69, 9.17) is 0 Å². The van der Waals surface area contributed by atoms with Gasteiger partial charge in [-0.2, -0.15) is 0 Å². The Kier molecular flexibility index (Phi) is 5.20. The van der Waals surface area contributed by atoms with E-state index >= 15 is 0 Å². The van der Waals surface area contributed by atoms with Gasteiger partial charge >= 0.3 is 0 Å². The van der Waals surface area contributed by atoms with Crippen molar-refractivity contribution in [2.45, 2.75) is 37.9 Å². The summed E-state index contributed by atoms with van der Waals surface area (Å²) in [4.78, 5) is 33.3. The summed E-state index contributed by atoms with van der Waals surface area (Å²) < 4.78 is 0. The number of carbonyl (C=O) groups excluding carboxylic acids is 1. The number of benzene rings is 1. The Balaban J connectivity index is 0.00000182. The standard InChI is InChI=1S/C18H20N4O2.ClH/c23-17-13-8-9-22(10-16(13)19-11-20-17)18(24)15-7-6-14(21-15)12-4-2-1-3-5-12;/h1-5,11,14-15,21H,6-10H2,(H,19,20,23);1H/t14-,15-;/m1./s1. The Bertz CT molecular complexity index is 808. The van der Waals surface area contributed by atoms with Gasteiger partial charge in [-0.05, 0) is 24.8 Å². The molecule has 132 valence electrons. The summed E-state index contributed by atoms with van der Waals surface area (Å²) in [6, 6.07) is 10.3. The van der Waals surface area contributed by atoms with E-state index in [2.05, 4.69) is 27.4 Å². The highest BCUT2D eigenvalue weighted by atomic mass is 35.5. The fourth-order valence-electron chi connectivity index (χ4n) is 3.66. The lowest BCUT2D eigenvalue weighted by atomic mass is 10.0. The van der Waals surface area contributed by atoms with Crippen molar-refractivity contribution in [3.63, 3.8) is 0 Å². The summed E-state index contributed by atoms with van der Waals surface area (Å²) in [5, 5.41) is 3.46. The molecule has 1 amide bonds. The molecule has 3 heterocycles. The van der Waals surface area contributed by atoms with Crippen LogP contribution in [0.3, 0.4) is 0 Å². The molecule has 4 rings (SSSR count). The van der Waals surface area contributed by atoms with Crippen molar-refractivity contribution in [1.82, 2.24) is 20.2 Å². The number of H-pyrrole nitrogens is 1. The molecule has 1 fully saturated rings. The molecule has 0 saturated carbocycles. The molecule has 1 aromatic heterocycles. The molecule has 2 aromatic rings. The number of hydrogen-bond acceptors (Lipinski definition) is 4. The number of amides is 1. The maximum atomic E-state index is 12.8. The molecular weight excluding hydrogens is 340 g/mol. The minimum atomic E-state index is -0.154. The molecule has 1 aromatic carbocycles. The van der Waals surface area contributed by atoms with Gasteiger partial charge in [0, 0.05) is 18.2 Å². The Labute approximate surface area is 152 Å². The number of rotatable bonds is 2. The van der Waals surface area contributed by atoms with Crippen molar-refractivity contribution in [2.75, 3.05) is 6.54 Å². The Hall–Kier alpha value is -2.18. The summed E-state index contributed by atoms with van der Waals surface area (Å²) in [6.45, 7) is 1.00.